The van der Waals surface area contributed by atoms with Crippen molar-refractivity contribution in [2.45, 2.75) is 31.3 Å². The van der Waals surface area contributed by atoms with Crippen molar-refractivity contribution in [1.82, 2.24) is 20.2 Å². The Bertz CT molecular complexity index is 642. The topological polar surface area (TPSA) is 76.1 Å². The molecule has 24 heavy (non-hydrogen) atoms. The molecule has 0 saturated carbocycles. The summed E-state index contributed by atoms with van der Waals surface area (Å²) in [7, 11) is 0. The van der Waals surface area contributed by atoms with E-state index in [2.05, 4.69) is 39.3 Å². The molecule has 128 valence electrons. The van der Waals surface area contributed by atoms with Crippen LogP contribution in [0.4, 0.5) is 0 Å². The molecule has 7 heteroatoms. The predicted molar refractivity (Wildman–Crippen MR) is 93.0 cm³/mol. The molecular weight excluding hydrogens is 324 g/mol. The van der Waals surface area contributed by atoms with E-state index in [1.54, 1.807) is 5.38 Å². The Labute approximate surface area is 145 Å². The Balaban J connectivity index is 1.67. The summed E-state index contributed by atoms with van der Waals surface area (Å²) in [4.78, 5) is 12.2. The smallest absolute Gasteiger partial charge is 0.272 e. The van der Waals surface area contributed by atoms with Gasteiger partial charge in [-0.1, -0.05) is 34.8 Å². The van der Waals surface area contributed by atoms with Crippen molar-refractivity contribution in [1.29, 1.82) is 0 Å². The summed E-state index contributed by atoms with van der Waals surface area (Å²) >= 11 is 1.18. The van der Waals surface area contributed by atoms with Gasteiger partial charge < -0.3 is 15.4 Å². The Morgan fingerprint density at radius 1 is 1.33 bits per heavy atom. The molecule has 0 radical (unpaired) electrons. The van der Waals surface area contributed by atoms with Gasteiger partial charge in [0, 0.05) is 36.7 Å². The number of rotatable bonds is 6. The summed E-state index contributed by atoms with van der Waals surface area (Å²) in [5.74, 6) is -0.177. The molecule has 3 rings (SSSR count). The molecule has 6 nitrogen and oxygen atoms in total. The Kier molecular flexibility index (Phi) is 5.55. The maximum Gasteiger partial charge on any atom is 0.272 e. The van der Waals surface area contributed by atoms with Gasteiger partial charge in [0.15, 0.2) is 5.69 Å². The molecule has 1 aromatic carbocycles. The number of hydrogen-bond acceptors (Lipinski definition) is 6. The monoisotopic (exact) mass is 346 g/mol. The first kappa shape index (κ1) is 17.0. The third-order valence-corrected chi connectivity index (χ3v) is 4.96. The summed E-state index contributed by atoms with van der Waals surface area (Å²) in [6, 6.07) is 10.5. The number of nitrogens with zero attached hydrogens (tertiary/aromatic N) is 2. The van der Waals surface area contributed by atoms with Crippen LogP contribution in [-0.4, -0.2) is 40.8 Å². The van der Waals surface area contributed by atoms with Crippen LogP contribution in [0.5, 0.6) is 0 Å². The Hall–Kier alpha value is -1.83. The van der Waals surface area contributed by atoms with Crippen molar-refractivity contribution in [3.05, 3.63) is 47.0 Å². The average Bonchev–Trinajstić information content (AvgIpc) is 3.16. The molecular formula is C17H22N4O2S. The minimum absolute atomic E-state index is 0.174. The summed E-state index contributed by atoms with van der Waals surface area (Å²) in [6.45, 7) is 4.09. The maximum atomic E-state index is 12.2. The SMILES string of the molecule is C[C@@H](NC1(CNC(=O)c2csnn2)CCOCC1)c1ccccc1. The van der Waals surface area contributed by atoms with E-state index in [1.807, 2.05) is 18.2 Å². The van der Waals surface area contributed by atoms with Crippen LogP contribution in [0, 0.1) is 0 Å². The highest BCUT2D eigenvalue weighted by Gasteiger charge is 2.34. The Morgan fingerprint density at radius 2 is 2.08 bits per heavy atom. The quantitative estimate of drug-likeness (QED) is 0.838. The summed E-state index contributed by atoms with van der Waals surface area (Å²) < 4.78 is 9.26. The van der Waals surface area contributed by atoms with Crippen LogP contribution in [0.3, 0.4) is 0 Å². The number of amides is 1. The number of hydrogen-bond donors (Lipinski definition) is 2. The van der Waals surface area contributed by atoms with E-state index in [-0.39, 0.29) is 17.5 Å². The molecule has 2 N–H and O–H groups in total. The molecule has 0 spiro atoms. The number of carbonyl (C=O) groups excluding carboxylic acids is 1. The fraction of sp³-hybridized carbons (Fsp3) is 0.471. The van der Waals surface area contributed by atoms with Crippen LogP contribution in [0.15, 0.2) is 35.7 Å². The zero-order chi connectivity index (χ0) is 16.8. The van der Waals surface area contributed by atoms with Crippen LogP contribution >= 0.6 is 11.5 Å². The maximum absolute atomic E-state index is 12.2. The standard InChI is InChI=1S/C17H22N4O2S/c1-13(14-5-3-2-4-6-14)19-17(7-9-23-10-8-17)12-18-16(22)15-11-24-21-20-15/h2-6,11,13,19H,7-10,12H2,1H3,(H,18,22)/t13-/m1/s1. The number of nitrogens with one attached hydrogen (secondary N) is 2. The summed E-state index contributed by atoms with van der Waals surface area (Å²) in [6.07, 6.45) is 1.72. The molecule has 2 aromatic rings. The van der Waals surface area contributed by atoms with Crippen molar-refractivity contribution in [3.63, 3.8) is 0 Å². The van der Waals surface area contributed by atoms with Gasteiger partial charge in [0.05, 0.1) is 0 Å². The van der Waals surface area contributed by atoms with Crippen molar-refractivity contribution < 1.29 is 9.53 Å². The molecule has 1 aromatic heterocycles. The molecule has 0 aliphatic carbocycles. The second-order valence-electron chi connectivity index (χ2n) is 6.14. The molecule has 1 aliphatic heterocycles. The van der Waals surface area contributed by atoms with Gasteiger partial charge in [0.25, 0.3) is 5.91 Å². The van der Waals surface area contributed by atoms with Crippen LogP contribution in [-0.2, 0) is 4.74 Å². The van der Waals surface area contributed by atoms with Crippen molar-refractivity contribution >= 4 is 17.4 Å². The van der Waals surface area contributed by atoms with Gasteiger partial charge in [0.2, 0.25) is 0 Å². The summed E-state index contributed by atoms with van der Waals surface area (Å²) in [5.41, 5.74) is 1.43. The molecule has 1 aliphatic rings. The van der Waals surface area contributed by atoms with E-state index in [0.717, 1.165) is 12.8 Å². The van der Waals surface area contributed by atoms with E-state index in [0.29, 0.717) is 25.5 Å². The van der Waals surface area contributed by atoms with Gasteiger partial charge >= 0.3 is 0 Å². The van der Waals surface area contributed by atoms with Crippen LogP contribution in [0.2, 0.25) is 0 Å². The van der Waals surface area contributed by atoms with Gasteiger partial charge in [0.1, 0.15) is 0 Å². The van der Waals surface area contributed by atoms with Gasteiger partial charge in [-0.3, -0.25) is 4.79 Å². The summed E-state index contributed by atoms with van der Waals surface area (Å²) in [5, 5.41) is 12.2. The van der Waals surface area contributed by atoms with E-state index < -0.39 is 0 Å². The van der Waals surface area contributed by atoms with E-state index in [1.165, 1.54) is 17.1 Å². The second-order valence-corrected chi connectivity index (χ2v) is 6.75. The highest BCUT2D eigenvalue weighted by Crippen LogP contribution is 2.25. The molecule has 1 amide bonds. The normalized spacial score (nSPS) is 18.0. The van der Waals surface area contributed by atoms with Crippen molar-refractivity contribution in [2.24, 2.45) is 0 Å². The molecule has 1 atom stereocenters. The lowest BCUT2D eigenvalue weighted by molar-refractivity contribution is 0.0332. The average molecular weight is 346 g/mol. The molecule has 2 heterocycles. The predicted octanol–water partition coefficient (Wildman–Crippen LogP) is 2.17. The number of ether oxygens (including phenoxy) is 1. The third-order valence-electron chi connectivity index (χ3n) is 4.45. The minimum atomic E-state index is -0.177. The molecule has 0 unspecified atom stereocenters. The highest BCUT2D eigenvalue weighted by molar-refractivity contribution is 7.03. The van der Waals surface area contributed by atoms with E-state index in [4.69, 9.17) is 4.74 Å². The van der Waals surface area contributed by atoms with Crippen LogP contribution in [0.1, 0.15) is 41.9 Å². The first-order chi connectivity index (χ1) is 11.7. The first-order valence-electron chi connectivity index (χ1n) is 8.14. The van der Waals surface area contributed by atoms with E-state index in [9.17, 15) is 4.79 Å². The molecule has 1 saturated heterocycles. The van der Waals surface area contributed by atoms with Gasteiger partial charge in [-0.15, -0.1) is 5.10 Å². The largest absolute Gasteiger partial charge is 0.381 e. The zero-order valence-electron chi connectivity index (χ0n) is 13.7. The second kappa shape index (κ2) is 7.83. The van der Waals surface area contributed by atoms with Crippen LogP contribution in [0.25, 0.3) is 0 Å². The molecule has 1 fully saturated rings. The zero-order valence-corrected chi connectivity index (χ0v) is 14.5. The lowest BCUT2D eigenvalue weighted by Crippen LogP contribution is -2.57. The van der Waals surface area contributed by atoms with Gasteiger partial charge in [-0.25, -0.2) is 0 Å². The fourth-order valence-electron chi connectivity index (χ4n) is 3.02. The Morgan fingerprint density at radius 3 is 2.75 bits per heavy atom. The highest BCUT2D eigenvalue weighted by atomic mass is 32.1. The fourth-order valence-corrected chi connectivity index (χ4v) is 3.46. The van der Waals surface area contributed by atoms with Gasteiger partial charge in [-0.05, 0) is 36.9 Å². The number of benzene rings is 1. The minimum Gasteiger partial charge on any atom is -0.381 e. The number of carbonyl (C=O) groups is 1. The van der Waals surface area contributed by atoms with Gasteiger partial charge in [-0.2, -0.15) is 0 Å². The van der Waals surface area contributed by atoms with Crippen molar-refractivity contribution in [2.75, 3.05) is 19.8 Å². The lowest BCUT2D eigenvalue weighted by atomic mass is 9.88. The lowest BCUT2D eigenvalue weighted by Gasteiger charge is -2.40. The third kappa shape index (κ3) is 4.17. The first-order valence-corrected chi connectivity index (χ1v) is 8.98. The molecule has 0 bridgehead atoms. The van der Waals surface area contributed by atoms with Crippen molar-refractivity contribution in [3.8, 4) is 0 Å². The van der Waals surface area contributed by atoms with E-state index >= 15 is 0 Å². The number of aromatic nitrogens is 2. The van der Waals surface area contributed by atoms with Crippen LogP contribution < -0.4 is 10.6 Å².